The Morgan fingerprint density at radius 2 is 1.87 bits per heavy atom. The number of nitrogens with one attached hydrogen (secondary N) is 3. The van der Waals surface area contributed by atoms with Gasteiger partial charge in [-0.15, -0.1) is 0 Å². The molecular formula is C13H13F3N6O. The first-order valence-corrected chi connectivity index (χ1v) is 6.35. The number of hydrazine groups is 1. The zero-order valence-electron chi connectivity index (χ0n) is 11.9. The Hall–Kier alpha value is -2.88. The fourth-order valence-electron chi connectivity index (χ4n) is 1.76. The standard InChI is InChI=1S/C13H13F3N6O/c1-18-10-9(13(14,15)16)6-19-12(21-10)20-8-4-2-7(3-5-8)11(23)22-17/h2-6H,17H2,1H3,(H,22,23)(H2,18,19,20,21). The molecule has 0 atom stereocenters. The van der Waals surface area contributed by atoms with E-state index in [1.807, 2.05) is 5.43 Å². The van der Waals surface area contributed by atoms with Crippen molar-refractivity contribution in [2.24, 2.45) is 5.84 Å². The van der Waals surface area contributed by atoms with Crippen molar-refractivity contribution >= 4 is 23.4 Å². The number of carbonyl (C=O) groups is 1. The van der Waals surface area contributed by atoms with Crippen molar-refractivity contribution in [3.8, 4) is 0 Å². The number of benzene rings is 1. The first-order chi connectivity index (χ1) is 10.8. The lowest BCUT2D eigenvalue weighted by Crippen LogP contribution is -2.29. The number of aromatic nitrogens is 2. The highest BCUT2D eigenvalue weighted by Gasteiger charge is 2.35. The summed E-state index contributed by atoms with van der Waals surface area (Å²) in [5.74, 6) is 4.20. The van der Waals surface area contributed by atoms with Crippen LogP contribution in [0.1, 0.15) is 15.9 Å². The molecule has 0 bridgehead atoms. The Balaban J connectivity index is 2.22. The summed E-state index contributed by atoms with van der Waals surface area (Å²) >= 11 is 0. The molecule has 0 aliphatic carbocycles. The van der Waals surface area contributed by atoms with Gasteiger partial charge in [0.25, 0.3) is 5.91 Å². The summed E-state index contributed by atoms with van der Waals surface area (Å²) in [5.41, 5.74) is 1.86. The van der Waals surface area contributed by atoms with Gasteiger partial charge in [-0.1, -0.05) is 0 Å². The summed E-state index contributed by atoms with van der Waals surface area (Å²) in [6, 6.07) is 6.08. The van der Waals surface area contributed by atoms with Crippen LogP contribution in [0.25, 0.3) is 0 Å². The molecule has 0 spiro atoms. The van der Waals surface area contributed by atoms with Gasteiger partial charge in [-0.05, 0) is 24.3 Å². The summed E-state index contributed by atoms with van der Waals surface area (Å²) < 4.78 is 38.3. The van der Waals surface area contributed by atoms with Crippen molar-refractivity contribution in [2.45, 2.75) is 6.18 Å². The van der Waals surface area contributed by atoms with Crippen LogP contribution in [0.15, 0.2) is 30.5 Å². The highest BCUT2D eigenvalue weighted by Crippen LogP contribution is 2.33. The molecule has 0 unspecified atom stereocenters. The molecule has 0 saturated heterocycles. The lowest BCUT2D eigenvalue weighted by Gasteiger charge is -2.13. The Labute approximate surface area is 129 Å². The number of halogens is 3. The van der Waals surface area contributed by atoms with E-state index < -0.39 is 17.6 Å². The van der Waals surface area contributed by atoms with Crippen LogP contribution < -0.4 is 21.9 Å². The summed E-state index contributed by atoms with van der Waals surface area (Å²) in [6.45, 7) is 0. The summed E-state index contributed by atoms with van der Waals surface area (Å²) in [7, 11) is 1.33. The molecule has 0 fully saturated rings. The number of carbonyl (C=O) groups excluding carboxylic acids is 1. The minimum Gasteiger partial charge on any atom is -0.372 e. The number of nitrogen functional groups attached to an aromatic ring is 1. The van der Waals surface area contributed by atoms with Crippen molar-refractivity contribution in [3.63, 3.8) is 0 Å². The van der Waals surface area contributed by atoms with Crippen LogP contribution >= 0.6 is 0 Å². The van der Waals surface area contributed by atoms with Crippen LogP contribution in [0.5, 0.6) is 0 Å². The van der Waals surface area contributed by atoms with Crippen molar-refractivity contribution in [1.82, 2.24) is 15.4 Å². The third kappa shape index (κ3) is 3.86. The smallest absolute Gasteiger partial charge is 0.372 e. The molecule has 7 nitrogen and oxygen atoms in total. The first-order valence-electron chi connectivity index (χ1n) is 6.35. The molecule has 10 heteroatoms. The summed E-state index contributed by atoms with van der Waals surface area (Å²) in [6.07, 6.45) is -3.86. The van der Waals surface area contributed by atoms with Gasteiger partial charge in [0.05, 0.1) is 0 Å². The van der Waals surface area contributed by atoms with E-state index in [9.17, 15) is 18.0 Å². The number of nitrogens with zero attached hydrogens (tertiary/aromatic N) is 2. The van der Waals surface area contributed by atoms with Gasteiger partial charge in [0.15, 0.2) is 0 Å². The molecule has 5 N–H and O–H groups in total. The molecule has 2 rings (SSSR count). The van der Waals surface area contributed by atoms with E-state index in [0.717, 1.165) is 0 Å². The molecule has 0 aliphatic heterocycles. The van der Waals surface area contributed by atoms with Crippen molar-refractivity contribution in [2.75, 3.05) is 17.7 Å². The largest absolute Gasteiger partial charge is 0.421 e. The third-order valence-electron chi connectivity index (χ3n) is 2.87. The fourth-order valence-corrected chi connectivity index (χ4v) is 1.76. The van der Waals surface area contributed by atoms with Gasteiger partial charge < -0.3 is 10.6 Å². The summed E-state index contributed by atoms with van der Waals surface area (Å²) in [5, 5.41) is 5.13. The molecule has 2 aromatic rings. The molecule has 1 aromatic heterocycles. The zero-order chi connectivity index (χ0) is 17.0. The maximum atomic E-state index is 12.8. The monoisotopic (exact) mass is 326 g/mol. The number of hydrogen-bond donors (Lipinski definition) is 4. The second-order valence-electron chi connectivity index (χ2n) is 4.38. The third-order valence-corrected chi connectivity index (χ3v) is 2.87. The van der Waals surface area contributed by atoms with E-state index in [0.29, 0.717) is 17.4 Å². The summed E-state index contributed by atoms with van der Waals surface area (Å²) in [4.78, 5) is 18.7. The Morgan fingerprint density at radius 3 is 2.39 bits per heavy atom. The van der Waals surface area contributed by atoms with Gasteiger partial charge in [-0.2, -0.15) is 18.2 Å². The molecule has 122 valence electrons. The van der Waals surface area contributed by atoms with Crippen LogP contribution in [-0.2, 0) is 6.18 Å². The Morgan fingerprint density at radius 1 is 1.22 bits per heavy atom. The van der Waals surface area contributed by atoms with Gasteiger partial charge in [0.2, 0.25) is 5.95 Å². The van der Waals surface area contributed by atoms with Gasteiger partial charge in [0, 0.05) is 24.5 Å². The number of anilines is 3. The Kier molecular flexibility index (Phi) is 4.65. The molecule has 0 radical (unpaired) electrons. The number of alkyl halides is 3. The van der Waals surface area contributed by atoms with Crippen LogP contribution in [0.4, 0.5) is 30.6 Å². The molecule has 0 aliphatic rings. The highest BCUT2D eigenvalue weighted by molar-refractivity contribution is 5.94. The molecule has 1 aromatic carbocycles. The number of hydrogen-bond acceptors (Lipinski definition) is 6. The van der Waals surface area contributed by atoms with E-state index in [4.69, 9.17) is 5.84 Å². The lowest BCUT2D eigenvalue weighted by molar-refractivity contribution is -0.137. The van der Waals surface area contributed by atoms with E-state index in [2.05, 4.69) is 20.6 Å². The Bertz CT molecular complexity index is 702. The molecule has 0 saturated carbocycles. The average Bonchev–Trinajstić information content (AvgIpc) is 2.53. The van der Waals surface area contributed by atoms with Crippen molar-refractivity contribution < 1.29 is 18.0 Å². The van der Waals surface area contributed by atoms with Crippen LogP contribution in [0, 0.1) is 0 Å². The average molecular weight is 326 g/mol. The second kappa shape index (κ2) is 6.48. The van der Waals surface area contributed by atoms with Gasteiger partial charge >= 0.3 is 6.18 Å². The maximum Gasteiger partial charge on any atom is 0.421 e. The van der Waals surface area contributed by atoms with Crippen molar-refractivity contribution in [3.05, 3.63) is 41.6 Å². The van der Waals surface area contributed by atoms with Crippen LogP contribution in [-0.4, -0.2) is 22.9 Å². The quantitative estimate of drug-likeness (QED) is 0.388. The molecular weight excluding hydrogens is 313 g/mol. The van der Waals surface area contributed by atoms with Gasteiger partial charge in [-0.3, -0.25) is 10.2 Å². The highest BCUT2D eigenvalue weighted by atomic mass is 19.4. The number of nitrogens with two attached hydrogens (primary N) is 1. The van der Waals surface area contributed by atoms with Crippen molar-refractivity contribution in [1.29, 1.82) is 0 Å². The fraction of sp³-hybridized carbons (Fsp3) is 0.154. The lowest BCUT2D eigenvalue weighted by atomic mass is 10.2. The zero-order valence-corrected chi connectivity index (χ0v) is 11.9. The van der Waals surface area contributed by atoms with E-state index in [1.165, 1.54) is 19.2 Å². The predicted octanol–water partition coefficient (Wildman–Crippen LogP) is 1.88. The molecule has 1 amide bonds. The van der Waals surface area contributed by atoms with E-state index in [-0.39, 0.29) is 11.8 Å². The topological polar surface area (TPSA) is 105 Å². The maximum absolute atomic E-state index is 12.8. The van der Waals surface area contributed by atoms with E-state index >= 15 is 0 Å². The van der Waals surface area contributed by atoms with Gasteiger partial charge in [-0.25, -0.2) is 10.8 Å². The van der Waals surface area contributed by atoms with Gasteiger partial charge in [0.1, 0.15) is 11.4 Å². The second-order valence-corrected chi connectivity index (χ2v) is 4.38. The minimum atomic E-state index is -4.55. The number of amides is 1. The van der Waals surface area contributed by atoms with Crippen LogP contribution in [0.2, 0.25) is 0 Å². The number of rotatable bonds is 4. The SMILES string of the molecule is CNc1nc(Nc2ccc(C(=O)NN)cc2)ncc1C(F)(F)F. The van der Waals surface area contributed by atoms with E-state index in [1.54, 1.807) is 12.1 Å². The predicted molar refractivity (Wildman–Crippen MR) is 78.0 cm³/mol. The molecule has 1 heterocycles. The first kappa shape index (κ1) is 16.5. The van der Waals surface area contributed by atoms with Crippen LogP contribution in [0.3, 0.4) is 0 Å². The normalized spacial score (nSPS) is 11.0. The minimum absolute atomic E-state index is 0.0154. The molecule has 23 heavy (non-hydrogen) atoms.